The van der Waals surface area contributed by atoms with Crippen molar-refractivity contribution in [3.63, 3.8) is 0 Å². The molecular weight excluding hydrogens is 345 g/mol. The molecule has 0 saturated carbocycles. The van der Waals surface area contributed by atoms with E-state index in [0.29, 0.717) is 0 Å². The molecule has 0 saturated heterocycles. The van der Waals surface area contributed by atoms with Crippen LogP contribution in [0.5, 0.6) is 5.88 Å². The lowest BCUT2D eigenvalue weighted by Gasteiger charge is -2.12. The average molecular weight is 351 g/mol. The number of aliphatic hydroxyl groups excluding tert-OH is 1. The Kier molecular flexibility index (Phi) is 4.30. The minimum absolute atomic E-state index is 0.0276. The lowest BCUT2D eigenvalue weighted by atomic mass is 10.2. The smallest absolute Gasteiger partial charge is 0.390 e. The normalized spacial score (nSPS) is 11.6. The molecule has 8 heteroatoms. The Morgan fingerprint density at radius 2 is 2.06 bits per heavy atom. The molecule has 0 unspecified atom stereocenters. The second-order valence-electron chi connectivity index (χ2n) is 2.72. The number of halogens is 5. The summed E-state index contributed by atoms with van der Waals surface area (Å²) < 4.78 is 51.9. The fourth-order valence-corrected chi connectivity index (χ4v) is 1.59. The Balaban J connectivity index is 3.11. The van der Waals surface area contributed by atoms with Crippen LogP contribution in [0.1, 0.15) is 11.3 Å². The summed E-state index contributed by atoms with van der Waals surface area (Å²) >= 11 is 1.55. The molecule has 16 heavy (non-hydrogen) atoms. The maximum Gasteiger partial charge on any atom is 0.574 e. The van der Waals surface area contributed by atoms with E-state index in [1.807, 2.05) is 0 Å². The van der Waals surface area contributed by atoms with Gasteiger partial charge in [0.05, 0.1) is 15.9 Å². The molecule has 0 aromatic carbocycles. The van der Waals surface area contributed by atoms with Crippen LogP contribution in [0.15, 0.2) is 6.07 Å². The van der Waals surface area contributed by atoms with Crippen molar-refractivity contribution in [1.29, 1.82) is 0 Å². The highest BCUT2D eigenvalue weighted by Crippen LogP contribution is 2.27. The third-order valence-corrected chi connectivity index (χ3v) is 2.39. The van der Waals surface area contributed by atoms with Gasteiger partial charge in [0, 0.05) is 5.56 Å². The molecule has 0 aliphatic rings. The second kappa shape index (κ2) is 5.13. The first kappa shape index (κ1) is 13.4. The highest BCUT2D eigenvalue weighted by molar-refractivity contribution is 14.1. The average Bonchev–Trinajstić information content (AvgIpc) is 2.18. The van der Waals surface area contributed by atoms with Gasteiger partial charge in [0.25, 0.3) is 0 Å². The highest BCUT2D eigenvalue weighted by Gasteiger charge is 2.33. The van der Waals surface area contributed by atoms with E-state index >= 15 is 0 Å². The second-order valence-corrected chi connectivity index (χ2v) is 3.88. The number of aromatic nitrogens is 1. The number of pyridine rings is 1. The third-order valence-electron chi connectivity index (χ3n) is 1.62. The number of ether oxygens (including phenoxy) is 1. The van der Waals surface area contributed by atoms with Gasteiger partial charge in [-0.3, -0.25) is 0 Å². The zero-order valence-corrected chi connectivity index (χ0v) is 9.84. The van der Waals surface area contributed by atoms with Gasteiger partial charge in [0.15, 0.2) is 0 Å². The quantitative estimate of drug-likeness (QED) is 0.673. The summed E-state index contributed by atoms with van der Waals surface area (Å²) in [5.41, 5.74) is -0.122. The number of hydrogen-bond acceptors (Lipinski definition) is 3. The lowest BCUT2D eigenvalue weighted by Crippen LogP contribution is -2.19. The van der Waals surface area contributed by atoms with E-state index in [0.717, 1.165) is 6.07 Å². The van der Waals surface area contributed by atoms with Crippen LogP contribution >= 0.6 is 22.6 Å². The van der Waals surface area contributed by atoms with Gasteiger partial charge in [-0.15, -0.1) is 13.2 Å². The van der Waals surface area contributed by atoms with Crippen molar-refractivity contribution < 1.29 is 27.4 Å². The molecule has 0 radical (unpaired) electrons. The summed E-state index contributed by atoms with van der Waals surface area (Å²) in [5, 5.41) is 8.79. The number of aliphatic hydroxyl groups is 1. The monoisotopic (exact) mass is 351 g/mol. The maximum absolute atomic E-state index is 12.4. The van der Waals surface area contributed by atoms with Crippen molar-refractivity contribution in [2.24, 2.45) is 0 Å². The number of rotatable bonds is 3. The van der Waals surface area contributed by atoms with E-state index in [2.05, 4.69) is 9.72 Å². The molecule has 3 nitrogen and oxygen atoms in total. The molecule has 1 aromatic heterocycles. The zero-order chi connectivity index (χ0) is 12.3. The van der Waals surface area contributed by atoms with E-state index in [9.17, 15) is 17.6 Å². The summed E-state index contributed by atoms with van der Waals surface area (Å²) in [6.45, 7) is -1.56. The molecule has 0 atom stereocenters. The number of hydrogen-bond donors (Lipinski definition) is 1. The van der Waals surface area contributed by atoms with E-state index in [-0.39, 0.29) is 14.8 Å². The summed E-state index contributed by atoms with van der Waals surface area (Å²) in [4.78, 5) is 3.41. The molecule has 1 rings (SSSR count). The molecule has 0 aliphatic carbocycles. The lowest BCUT2D eigenvalue weighted by molar-refractivity contribution is -0.276. The fraction of sp³-hybridized carbons (Fsp3) is 0.375. The van der Waals surface area contributed by atoms with Crippen molar-refractivity contribution in [1.82, 2.24) is 4.98 Å². The van der Waals surface area contributed by atoms with E-state index in [1.54, 1.807) is 22.6 Å². The van der Waals surface area contributed by atoms with Gasteiger partial charge in [-0.1, -0.05) is 0 Å². The van der Waals surface area contributed by atoms with E-state index in [4.69, 9.17) is 5.11 Å². The summed E-state index contributed by atoms with van der Waals surface area (Å²) in [5.74, 6) is -0.686. The molecule has 0 aliphatic heterocycles. The molecule has 1 heterocycles. The van der Waals surface area contributed by atoms with Crippen LogP contribution in [0, 0.1) is 3.57 Å². The predicted molar refractivity (Wildman–Crippen MR) is 54.4 cm³/mol. The summed E-state index contributed by atoms with van der Waals surface area (Å²) in [6, 6.07) is 1.15. The number of nitrogens with zero attached hydrogens (tertiary/aromatic N) is 1. The van der Waals surface area contributed by atoms with Crippen LogP contribution in [0.25, 0.3) is 0 Å². The van der Waals surface area contributed by atoms with Gasteiger partial charge < -0.3 is 9.84 Å². The molecule has 1 N–H and O–H groups in total. The Labute approximate surface area is 102 Å². The van der Waals surface area contributed by atoms with Crippen molar-refractivity contribution >= 4 is 22.6 Å². The Hall–Kier alpha value is -0.640. The SMILES string of the molecule is OCc1nc(OC(F)(F)F)c(I)cc1CF. The van der Waals surface area contributed by atoms with Gasteiger partial charge in [-0.25, -0.2) is 9.37 Å². The van der Waals surface area contributed by atoms with Gasteiger partial charge in [-0.2, -0.15) is 0 Å². The van der Waals surface area contributed by atoms with Crippen LogP contribution in [0.2, 0.25) is 0 Å². The van der Waals surface area contributed by atoms with Crippen molar-refractivity contribution in [3.05, 3.63) is 20.9 Å². The molecule has 1 aromatic rings. The Morgan fingerprint density at radius 1 is 1.44 bits per heavy atom. The van der Waals surface area contributed by atoms with Gasteiger partial charge in [0.1, 0.15) is 6.67 Å². The molecule has 0 bridgehead atoms. The highest BCUT2D eigenvalue weighted by atomic mass is 127. The van der Waals surface area contributed by atoms with Crippen LogP contribution in [0.4, 0.5) is 17.6 Å². The minimum Gasteiger partial charge on any atom is -0.390 e. The van der Waals surface area contributed by atoms with Crippen LogP contribution in [-0.4, -0.2) is 16.5 Å². The van der Waals surface area contributed by atoms with Crippen LogP contribution in [0.3, 0.4) is 0 Å². The standard InChI is InChI=1S/C8H6F4INO2/c9-2-4-1-5(13)7(14-6(4)3-15)16-8(10,11)12/h1,15H,2-3H2. The van der Waals surface area contributed by atoms with E-state index in [1.165, 1.54) is 0 Å². The fourth-order valence-electron chi connectivity index (χ4n) is 0.980. The Morgan fingerprint density at radius 3 is 2.50 bits per heavy atom. The molecule has 0 amide bonds. The van der Waals surface area contributed by atoms with Crippen LogP contribution in [-0.2, 0) is 13.3 Å². The van der Waals surface area contributed by atoms with Crippen molar-refractivity contribution in [2.75, 3.05) is 0 Å². The van der Waals surface area contributed by atoms with Crippen molar-refractivity contribution in [2.45, 2.75) is 19.6 Å². The molecule has 0 fully saturated rings. The summed E-state index contributed by atoms with van der Waals surface area (Å²) in [7, 11) is 0. The zero-order valence-electron chi connectivity index (χ0n) is 7.68. The van der Waals surface area contributed by atoms with Gasteiger partial charge in [0.2, 0.25) is 5.88 Å². The van der Waals surface area contributed by atoms with Gasteiger partial charge in [-0.05, 0) is 28.7 Å². The minimum atomic E-state index is -4.86. The summed E-state index contributed by atoms with van der Waals surface area (Å²) in [6.07, 6.45) is -4.86. The predicted octanol–water partition coefficient (Wildman–Crippen LogP) is 2.55. The first-order valence-electron chi connectivity index (χ1n) is 3.98. The molecular formula is C8H6F4INO2. The third kappa shape index (κ3) is 3.44. The van der Waals surface area contributed by atoms with Crippen LogP contribution < -0.4 is 4.74 Å². The Bertz CT molecular complexity index is 383. The van der Waals surface area contributed by atoms with Gasteiger partial charge >= 0.3 is 6.36 Å². The maximum atomic E-state index is 12.4. The van der Waals surface area contributed by atoms with Crippen molar-refractivity contribution in [3.8, 4) is 5.88 Å². The number of alkyl halides is 4. The molecule has 0 spiro atoms. The largest absolute Gasteiger partial charge is 0.574 e. The van der Waals surface area contributed by atoms with E-state index < -0.39 is 25.5 Å². The first-order chi connectivity index (χ1) is 7.37. The first-order valence-corrected chi connectivity index (χ1v) is 5.06. The topological polar surface area (TPSA) is 42.4 Å². The molecule has 90 valence electrons.